The lowest BCUT2D eigenvalue weighted by Gasteiger charge is -2.20. The first-order valence-corrected chi connectivity index (χ1v) is 10.7. The van der Waals surface area contributed by atoms with E-state index < -0.39 is 0 Å². The van der Waals surface area contributed by atoms with Crippen molar-refractivity contribution in [3.8, 4) is 0 Å². The summed E-state index contributed by atoms with van der Waals surface area (Å²) >= 11 is 1.50. The highest BCUT2D eigenvalue weighted by atomic mass is 32.1. The smallest absolute Gasteiger partial charge is 0.238 e. The standard InChI is InChI=1S/C23H26N4O2S/c1-3-17-9-7-8-12-19(17)25-20(28)15-27(2)16-21(29)26-22(23-24-13-14-30-23)18-10-5-4-6-11-18/h4-14,22H,3,15-16H2,1-2H3,(H,25,28)(H,26,29). The van der Waals surface area contributed by atoms with Crippen LogP contribution in [0.25, 0.3) is 0 Å². The van der Waals surface area contributed by atoms with Crippen LogP contribution >= 0.6 is 11.3 Å². The number of aryl methyl sites for hydroxylation is 1. The van der Waals surface area contributed by atoms with E-state index in [1.54, 1.807) is 18.1 Å². The van der Waals surface area contributed by atoms with E-state index in [1.807, 2.05) is 66.9 Å². The number of anilines is 1. The third-order valence-corrected chi connectivity index (χ3v) is 5.48. The summed E-state index contributed by atoms with van der Waals surface area (Å²) in [5.41, 5.74) is 2.87. The van der Waals surface area contributed by atoms with Crippen molar-refractivity contribution >= 4 is 28.8 Å². The number of likely N-dealkylation sites (N-methyl/N-ethyl adjacent to an activating group) is 1. The maximum Gasteiger partial charge on any atom is 0.238 e. The highest BCUT2D eigenvalue weighted by Crippen LogP contribution is 2.23. The number of hydrogen-bond acceptors (Lipinski definition) is 5. The number of nitrogens with one attached hydrogen (secondary N) is 2. The lowest BCUT2D eigenvalue weighted by molar-refractivity contribution is -0.123. The van der Waals surface area contributed by atoms with Gasteiger partial charge in [0.05, 0.1) is 13.1 Å². The zero-order chi connectivity index (χ0) is 21.3. The van der Waals surface area contributed by atoms with Gasteiger partial charge in [-0.15, -0.1) is 11.3 Å². The zero-order valence-electron chi connectivity index (χ0n) is 17.2. The average molecular weight is 423 g/mol. The molecule has 1 atom stereocenters. The summed E-state index contributed by atoms with van der Waals surface area (Å²) in [6, 6.07) is 17.2. The van der Waals surface area contributed by atoms with Crippen molar-refractivity contribution in [3.05, 3.63) is 82.3 Å². The molecular weight excluding hydrogens is 396 g/mol. The van der Waals surface area contributed by atoms with Crippen LogP contribution in [0, 0.1) is 0 Å². The van der Waals surface area contributed by atoms with E-state index >= 15 is 0 Å². The first-order valence-electron chi connectivity index (χ1n) is 9.86. The number of carbonyl (C=O) groups excluding carboxylic acids is 2. The molecule has 0 aliphatic carbocycles. The fraction of sp³-hybridized carbons (Fsp3) is 0.261. The third-order valence-electron chi connectivity index (χ3n) is 4.64. The van der Waals surface area contributed by atoms with Gasteiger partial charge in [-0.05, 0) is 30.7 Å². The number of rotatable bonds is 9. The van der Waals surface area contributed by atoms with Crippen molar-refractivity contribution < 1.29 is 9.59 Å². The molecule has 1 unspecified atom stereocenters. The van der Waals surface area contributed by atoms with Gasteiger partial charge in [0.1, 0.15) is 11.0 Å². The third kappa shape index (κ3) is 5.98. The molecule has 2 amide bonds. The maximum absolute atomic E-state index is 12.7. The van der Waals surface area contributed by atoms with Gasteiger partial charge in [-0.2, -0.15) is 0 Å². The van der Waals surface area contributed by atoms with Crippen molar-refractivity contribution in [3.63, 3.8) is 0 Å². The molecule has 0 bridgehead atoms. The van der Waals surface area contributed by atoms with Gasteiger partial charge >= 0.3 is 0 Å². The Morgan fingerprint density at radius 3 is 2.43 bits per heavy atom. The van der Waals surface area contributed by atoms with Gasteiger partial charge in [0.15, 0.2) is 0 Å². The van der Waals surface area contributed by atoms with Gasteiger partial charge in [-0.25, -0.2) is 4.98 Å². The van der Waals surface area contributed by atoms with Crippen LogP contribution in [0.15, 0.2) is 66.2 Å². The van der Waals surface area contributed by atoms with Crippen molar-refractivity contribution in [2.75, 3.05) is 25.5 Å². The Bertz CT molecular complexity index is 960. The number of hydrogen-bond donors (Lipinski definition) is 2. The molecular formula is C23H26N4O2S. The number of benzene rings is 2. The predicted octanol–water partition coefficient (Wildman–Crippen LogP) is 3.48. The van der Waals surface area contributed by atoms with Crippen LogP contribution in [-0.2, 0) is 16.0 Å². The minimum atomic E-state index is -0.308. The molecule has 0 fully saturated rings. The van der Waals surface area contributed by atoms with Gasteiger partial charge in [0.25, 0.3) is 0 Å². The first kappa shape index (κ1) is 21.7. The van der Waals surface area contributed by atoms with Gasteiger partial charge in [0.2, 0.25) is 11.8 Å². The second kappa shape index (κ2) is 10.7. The molecule has 1 heterocycles. The van der Waals surface area contributed by atoms with E-state index in [0.717, 1.165) is 28.2 Å². The molecule has 6 nitrogen and oxygen atoms in total. The van der Waals surface area contributed by atoms with E-state index in [9.17, 15) is 9.59 Å². The van der Waals surface area contributed by atoms with Crippen LogP contribution in [0.5, 0.6) is 0 Å². The molecule has 3 rings (SSSR count). The molecule has 0 saturated heterocycles. The minimum Gasteiger partial charge on any atom is -0.342 e. The number of thiazole rings is 1. The maximum atomic E-state index is 12.7. The normalized spacial score (nSPS) is 11.8. The number of aromatic nitrogens is 1. The fourth-order valence-electron chi connectivity index (χ4n) is 3.20. The lowest BCUT2D eigenvalue weighted by atomic mass is 10.1. The van der Waals surface area contributed by atoms with E-state index in [0.29, 0.717) is 0 Å². The quantitative estimate of drug-likeness (QED) is 0.554. The number of amides is 2. The van der Waals surface area contributed by atoms with Gasteiger partial charge in [0, 0.05) is 17.3 Å². The summed E-state index contributed by atoms with van der Waals surface area (Å²) < 4.78 is 0. The minimum absolute atomic E-state index is 0.109. The van der Waals surface area contributed by atoms with Crippen LogP contribution in [0.4, 0.5) is 5.69 Å². The van der Waals surface area contributed by atoms with E-state index in [2.05, 4.69) is 15.6 Å². The largest absolute Gasteiger partial charge is 0.342 e. The van der Waals surface area contributed by atoms with E-state index in [1.165, 1.54) is 11.3 Å². The molecule has 7 heteroatoms. The predicted molar refractivity (Wildman–Crippen MR) is 120 cm³/mol. The Labute approximate surface area is 181 Å². The molecule has 30 heavy (non-hydrogen) atoms. The Kier molecular flexibility index (Phi) is 7.70. The van der Waals surface area contributed by atoms with Gasteiger partial charge in [-0.1, -0.05) is 55.5 Å². The van der Waals surface area contributed by atoms with Crippen LogP contribution in [0.2, 0.25) is 0 Å². The summed E-state index contributed by atoms with van der Waals surface area (Å²) in [5, 5.41) is 8.69. The summed E-state index contributed by atoms with van der Waals surface area (Å²) in [7, 11) is 1.76. The fourth-order valence-corrected chi connectivity index (χ4v) is 3.92. The second-order valence-corrected chi connectivity index (χ2v) is 7.94. The van der Waals surface area contributed by atoms with E-state index in [-0.39, 0.29) is 30.9 Å². The molecule has 2 aromatic carbocycles. The topological polar surface area (TPSA) is 74.3 Å². The van der Waals surface area contributed by atoms with E-state index in [4.69, 9.17) is 0 Å². The summed E-state index contributed by atoms with van der Waals surface area (Å²) in [6.45, 7) is 2.28. The molecule has 0 aliphatic rings. The van der Waals surface area contributed by atoms with Crippen LogP contribution < -0.4 is 10.6 Å². The molecule has 3 aromatic rings. The Morgan fingerprint density at radius 2 is 1.73 bits per heavy atom. The molecule has 0 aliphatic heterocycles. The van der Waals surface area contributed by atoms with Crippen molar-refractivity contribution in [2.24, 2.45) is 0 Å². The van der Waals surface area contributed by atoms with Crippen molar-refractivity contribution in [2.45, 2.75) is 19.4 Å². The van der Waals surface area contributed by atoms with Gasteiger partial charge in [-0.3, -0.25) is 14.5 Å². The molecule has 0 saturated carbocycles. The summed E-state index contributed by atoms with van der Waals surface area (Å²) in [6.07, 6.45) is 2.57. The van der Waals surface area contributed by atoms with Crippen molar-refractivity contribution in [1.82, 2.24) is 15.2 Å². The second-order valence-electron chi connectivity index (χ2n) is 7.01. The Balaban J connectivity index is 1.57. The molecule has 1 aromatic heterocycles. The molecule has 156 valence electrons. The van der Waals surface area contributed by atoms with Crippen LogP contribution in [-0.4, -0.2) is 41.8 Å². The molecule has 0 radical (unpaired) electrons. The zero-order valence-corrected chi connectivity index (χ0v) is 18.0. The number of nitrogens with zero attached hydrogens (tertiary/aromatic N) is 2. The first-order chi connectivity index (χ1) is 14.6. The number of carbonyl (C=O) groups is 2. The van der Waals surface area contributed by atoms with Gasteiger partial charge < -0.3 is 10.6 Å². The Hall–Kier alpha value is -3.03. The lowest BCUT2D eigenvalue weighted by Crippen LogP contribution is -2.40. The summed E-state index contributed by atoms with van der Waals surface area (Å²) in [4.78, 5) is 31.1. The van der Waals surface area contributed by atoms with Crippen molar-refractivity contribution in [1.29, 1.82) is 0 Å². The SMILES string of the molecule is CCc1ccccc1NC(=O)CN(C)CC(=O)NC(c1ccccc1)c1nccs1. The molecule has 2 N–H and O–H groups in total. The van der Waals surface area contributed by atoms with Crippen LogP contribution in [0.1, 0.15) is 29.1 Å². The Morgan fingerprint density at radius 1 is 1.03 bits per heavy atom. The monoisotopic (exact) mass is 422 g/mol. The summed E-state index contributed by atoms with van der Waals surface area (Å²) in [5.74, 6) is -0.311. The van der Waals surface area contributed by atoms with Crippen LogP contribution in [0.3, 0.4) is 0 Å². The number of para-hydroxylation sites is 1. The average Bonchev–Trinajstić information content (AvgIpc) is 3.27. The molecule has 0 spiro atoms. The highest BCUT2D eigenvalue weighted by molar-refractivity contribution is 7.09. The highest BCUT2D eigenvalue weighted by Gasteiger charge is 2.20.